The molecule has 0 N–H and O–H groups in total. The Hall–Kier alpha value is -4.72. The third-order valence-corrected chi connectivity index (χ3v) is 5.52. The normalized spacial score (nSPS) is 14.1. The maximum Gasteiger partial charge on any atom is 0.280 e. The summed E-state index contributed by atoms with van der Waals surface area (Å²) in [4.78, 5) is 12.9. The van der Waals surface area contributed by atoms with E-state index in [0.29, 0.717) is 29.2 Å². The molecule has 0 spiro atoms. The Morgan fingerprint density at radius 3 is 2.16 bits per heavy atom. The van der Waals surface area contributed by atoms with Gasteiger partial charge in [0.15, 0.2) is 34.8 Å². The molecule has 0 aliphatic carbocycles. The fourth-order valence-corrected chi connectivity index (χ4v) is 3.62. The second-order valence-electron chi connectivity index (χ2n) is 8.02. The molecule has 0 unspecified atom stereocenters. The number of anilines is 1. The summed E-state index contributed by atoms with van der Waals surface area (Å²) < 4.78 is 80.8. The van der Waals surface area contributed by atoms with E-state index in [0.717, 1.165) is 5.56 Å². The SMILES string of the molecule is CCOc1cc(/C=C2\C(=O)N(c3c(F)c(F)c(F)c(F)c3F)N=C2C)ccc1OCc1ccc(C#N)cc1. The fraction of sp³-hybridized carbons (Fsp3) is 0.148. The highest BCUT2D eigenvalue weighted by atomic mass is 19.2. The number of hydrazone groups is 1. The highest BCUT2D eigenvalue weighted by Gasteiger charge is 2.37. The van der Waals surface area contributed by atoms with E-state index < -0.39 is 40.7 Å². The number of nitriles is 1. The molecular weight excluding hydrogens is 509 g/mol. The van der Waals surface area contributed by atoms with E-state index in [1.807, 2.05) is 6.07 Å². The first-order valence-corrected chi connectivity index (χ1v) is 11.2. The van der Waals surface area contributed by atoms with Gasteiger partial charge >= 0.3 is 0 Å². The molecule has 3 aromatic rings. The van der Waals surface area contributed by atoms with Crippen molar-refractivity contribution >= 4 is 23.4 Å². The van der Waals surface area contributed by atoms with E-state index in [9.17, 15) is 26.7 Å². The van der Waals surface area contributed by atoms with Gasteiger partial charge in [0.1, 0.15) is 12.3 Å². The summed E-state index contributed by atoms with van der Waals surface area (Å²) in [6, 6.07) is 13.6. The maximum absolute atomic E-state index is 14.3. The van der Waals surface area contributed by atoms with Gasteiger partial charge in [0, 0.05) is 0 Å². The predicted molar refractivity (Wildman–Crippen MR) is 128 cm³/mol. The molecule has 1 amide bonds. The van der Waals surface area contributed by atoms with Gasteiger partial charge in [-0.25, -0.2) is 22.0 Å². The molecule has 0 radical (unpaired) electrons. The van der Waals surface area contributed by atoms with Crippen LogP contribution < -0.4 is 14.5 Å². The molecule has 0 fully saturated rings. The van der Waals surface area contributed by atoms with Gasteiger partial charge in [-0.3, -0.25) is 4.79 Å². The van der Waals surface area contributed by atoms with Crippen LogP contribution in [0.2, 0.25) is 0 Å². The van der Waals surface area contributed by atoms with Crippen LogP contribution in [0.5, 0.6) is 11.5 Å². The van der Waals surface area contributed by atoms with Gasteiger partial charge in [-0.05, 0) is 55.3 Å². The molecule has 0 saturated heterocycles. The third kappa shape index (κ3) is 4.93. The lowest BCUT2D eigenvalue weighted by atomic mass is 10.1. The zero-order valence-electron chi connectivity index (χ0n) is 20.0. The van der Waals surface area contributed by atoms with E-state index >= 15 is 0 Å². The summed E-state index contributed by atoms with van der Waals surface area (Å²) in [5.41, 5.74) is 0.169. The summed E-state index contributed by atoms with van der Waals surface area (Å²) in [7, 11) is 0. The lowest BCUT2D eigenvalue weighted by Crippen LogP contribution is -2.25. The van der Waals surface area contributed by atoms with Crippen molar-refractivity contribution in [3.63, 3.8) is 0 Å². The fourth-order valence-electron chi connectivity index (χ4n) is 3.62. The van der Waals surface area contributed by atoms with Crippen LogP contribution in [-0.2, 0) is 11.4 Å². The molecule has 0 saturated carbocycles. The van der Waals surface area contributed by atoms with Crippen LogP contribution in [0.15, 0.2) is 53.1 Å². The lowest BCUT2D eigenvalue weighted by molar-refractivity contribution is -0.114. The minimum Gasteiger partial charge on any atom is -0.490 e. The summed E-state index contributed by atoms with van der Waals surface area (Å²) in [6.45, 7) is 3.59. The minimum absolute atomic E-state index is 0.00181. The molecule has 11 heteroatoms. The van der Waals surface area contributed by atoms with E-state index in [4.69, 9.17) is 14.7 Å². The van der Waals surface area contributed by atoms with Gasteiger partial charge in [-0.1, -0.05) is 18.2 Å². The smallest absolute Gasteiger partial charge is 0.280 e. The minimum atomic E-state index is -2.34. The van der Waals surface area contributed by atoms with E-state index in [1.165, 1.54) is 13.0 Å². The third-order valence-electron chi connectivity index (χ3n) is 5.52. The highest BCUT2D eigenvalue weighted by molar-refractivity contribution is 6.32. The number of ether oxygens (including phenoxy) is 2. The summed E-state index contributed by atoms with van der Waals surface area (Å²) in [5, 5.41) is 12.8. The van der Waals surface area contributed by atoms with Crippen molar-refractivity contribution in [2.24, 2.45) is 5.10 Å². The second kappa shape index (κ2) is 10.7. The molecule has 194 valence electrons. The van der Waals surface area contributed by atoms with Crippen LogP contribution in [0.25, 0.3) is 6.08 Å². The number of amides is 1. The lowest BCUT2D eigenvalue weighted by Gasteiger charge is -2.15. The van der Waals surface area contributed by atoms with E-state index in [2.05, 4.69) is 5.10 Å². The molecule has 0 aromatic heterocycles. The molecule has 3 aromatic carbocycles. The van der Waals surface area contributed by atoms with Gasteiger partial charge in [-0.2, -0.15) is 15.4 Å². The van der Waals surface area contributed by atoms with Crippen LogP contribution >= 0.6 is 0 Å². The van der Waals surface area contributed by atoms with Gasteiger partial charge in [0.05, 0.1) is 29.5 Å². The summed E-state index contributed by atoms with van der Waals surface area (Å²) in [6.07, 6.45) is 1.35. The quantitative estimate of drug-likeness (QED) is 0.163. The van der Waals surface area contributed by atoms with Crippen molar-refractivity contribution < 1.29 is 36.2 Å². The first-order chi connectivity index (χ1) is 18.2. The van der Waals surface area contributed by atoms with Gasteiger partial charge < -0.3 is 9.47 Å². The van der Waals surface area contributed by atoms with Crippen molar-refractivity contribution in [3.8, 4) is 17.6 Å². The molecule has 6 nitrogen and oxygen atoms in total. The van der Waals surface area contributed by atoms with Crippen LogP contribution in [0.4, 0.5) is 27.6 Å². The average Bonchev–Trinajstić information content (AvgIpc) is 3.19. The van der Waals surface area contributed by atoms with Gasteiger partial charge in [-0.15, -0.1) is 0 Å². The number of hydrogen-bond donors (Lipinski definition) is 0. The van der Waals surface area contributed by atoms with Crippen molar-refractivity contribution in [1.82, 2.24) is 0 Å². The van der Waals surface area contributed by atoms with E-state index in [1.54, 1.807) is 49.4 Å². The van der Waals surface area contributed by atoms with Crippen molar-refractivity contribution in [3.05, 3.63) is 93.8 Å². The number of halogens is 5. The molecule has 4 rings (SSSR count). The Morgan fingerprint density at radius 1 is 0.921 bits per heavy atom. The van der Waals surface area contributed by atoms with Crippen molar-refractivity contribution in [2.75, 3.05) is 11.6 Å². The average molecular weight is 527 g/mol. The zero-order chi connectivity index (χ0) is 27.6. The Morgan fingerprint density at radius 2 is 1.55 bits per heavy atom. The number of rotatable bonds is 7. The molecule has 1 aliphatic heterocycles. The number of carbonyl (C=O) groups excluding carboxylic acids is 1. The predicted octanol–water partition coefficient (Wildman–Crippen LogP) is 6.04. The standard InChI is InChI=1S/C27H18F5N3O3/c1-3-37-20-11-17(8-9-19(20)38-13-16-6-4-15(12-33)5-7-16)10-18-14(2)34-35(27(18)36)26-24(31)22(29)21(28)23(30)25(26)32/h4-11H,3,13H2,1-2H3/b18-10-. The Kier molecular flexibility index (Phi) is 7.43. The highest BCUT2D eigenvalue weighted by Crippen LogP contribution is 2.35. The monoisotopic (exact) mass is 527 g/mol. The number of nitrogens with zero attached hydrogens (tertiary/aromatic N) is 3. The maximum atomic E-state index is 14.3. The second-order valence-corrected chi connectivity index (χ2v) is 8.02. The van der Waals surface area contributed by atoms with E-state index in [-0.39, 0.29) is 22.9 Å². The van der Waals surface area contributed by atoms with Crippen LogP contribution in [-0.4, -0.2) is 18.2 Å². The largest absolute Gasteiger partial charge is 0.490 e. The number of benzene rings is 3. The van der Waals surface area contributed by atoms with Gasteiger partial charge in [0.25, 0.3) is 5.91 Å². The van der Waals surface area contributed by atoms with Crippen LogP contribution in [0.3, 0.4) is 0 Å². The summed E-state index contributed by atoms with van der Waals surface area (Å²) in [5.74, 6) is -11.4. The first-order valence-electron chi connectivity index (χ1n) is 11.2. The van der Waals surface area contributed by atoms with Crippen molar-refractivity contribution in [2.45, 2.75) is 20.5 Å². The molecule has 38 heavy (non-hydrogen) atoms. The summed E-state index contributed by atoms with van der Waals surface area (Å²) >= 11 is 0. The van der Waals surface area contributed by atoms with Gasteiger partial charge in [0.2, 0.25) is 5.82 Å². The molecule has 1 heterocycles. The number of carbonyl (C=O) groups is 1. The zero-order valence-corrected chi connectivity index (χ0v) is 20.0. The topological polar surface area (TPSA) is 74.9 Å². The Balaban J connectivity index is 1.61. The first kappa shape index (κ1) is 26.3. The van der Waals surface area contributed by atoms with Crippen molar-refractivity contribution in [1.29, 1.82) is 5.26 Å². The van der Waals surface area contributed by atoms with Crippen LogP contribution in [0.1, 0.15) is 30.5 Å². The van der Waals surface area contributed by atoms with Crippen LogP contribution in [0, 0.1) is 40.4 Å². The molecule has 0 atom stereocenters. The molecule has 1 aliphatic rings. The molecular formula is C27H18F5N3O3. The molecule has 0 bridgehead atoms. The Labute approximate surface area is 213 Å². The number of hydrogen-bond acceptors (Lipinski definition) is 5. The Bertz CT molecular complexity index is 1500.